The zero-order chi connectivity index (χ0) is 26.2. The SMILES string of the molecule is CN(C)C1CC2(CCN(c3ccc(Nc4nccc(Nc5ccccc5P(C)(C)=O)n4)cc3N)CC2)C1. The minimum absolute atomic E-state index is 0.464. The van der Waals surface area contributed by atoms with E-state index in [1.54, 1.807) is 25.6 Å². The molecule has 0 radical (unpaired) electrons. The summed E-state index contributed by atoms with van der Waals surface area (Å²) in [7, 11) is 1.95. The highest BCUT2D eigenvalue weighted by Crippen LogP contribution is 2.51. The summed E-state index contributed by atoms with van der Waals surface area (Å²) in [4.78, 5) is 13.8. The number of aromatic nitrogens is 2. The Bertz CT molecular complexity index is 1310. The van der Waals surface area contributed by atoms with Crippen LogP contribution in [-0.2, 0) is 4.57 Å². The number of anilines is 6. The van der Waals surface area contributed by atoms with Crippen molar-refractivity contribution < 1.29 is 4.57 Å². The summed E-state index contributed by atoms with van der Waals surface area (Å²) in [5.74, 6) is 1.09. The molecule has 9 heteroatoms. The van der Waals surface area contributed by atoms with Crippen molar-refractivity contribution in [3.8, 4) is 0 Å². The summed E-state index contributed by atoms with van der Waals surface area (Å²) in [6, 6.07) is 16.2. The van der Waals surface area contributed by atoms with E-state index in [4.69, 9.17) is 5.73 Å². The third kappa shape index (κ3) is 5.60. The molecule has 0 amide bonds. The van der Waals surface area contributed by atoms with Gasteiger partial charge in [0, 0.05) is 36.3 Å². The number of nitrogen functional groups attached to an aromatic ring is 1. The fourth-order valence-electron chi connectivity index (χ4n) is 5.66. The lowest BCUT2D eigenvalue weighted by Gasteiger charge is -2.54. The van der Waals surface area contributed by atoms with Crippen LogP contribution in [0.15, 0.2) is 54.7 Å². The quantitative estimate of drug-likeness (QED) is 0.293. The average molecular weight is 520 g/mol. The number of nitrogens with one attached hydrogen (secondary N) is 2. The monoisotopic (exact) mass is 519 g/mol. The van der Waals surface area contributed by atoms with E-state index >= 15 is 0 Å². The maximum absolute atomic E-state index is 12.7. The molecule has 2 aliphatic rings. The largest absolute Gasteiger partial charge is 0.397 e. The van der Waals surface area contributed by atoms with Gasteiger partial charge in [0.2, 0.25) is 5.95 Å². The van der Waals surface area contributed by atoms with Gasteiger partial charge in [0.1, 0.15) is 13.0 Å². The fraction of sp³-hybridized carbons (Fsp3) is 0.429. The Labute approximate surface area is 220 Å². The number of hydrogen-bond donors (Lipinski definition) is 3. The molecule has 0 unspecified atom stereocenters. The normalized spacial score (nSPS) is 17.6. The highest BCUT2D eigenvalue weighted by molar-refractivity contribution is 7.70. The Balaban J connectivity index is 1.23. The number of benzene rings is 2. The Morgan fingerprint density at radius 2 is 1.78 bits per heavy atom. The Kier molecular flexibility index (Phi) is 6.90. The van der Waals surface area contributed by atoms with Gasteiger partial charge in [-0.2, -0.15) is 4.98 Å². The van der Waals surface area contributed by atoms with Gasteiger partial charge in [0.15, 0.2) is 0 Å². The van der Waals surface area contributed by atoms with Gasteiger partial charge in [-0.3, -0.25) is 0 Å². The number of nitrogens with zero attached hydrogens (tertiary/aromatic N) is 4. The molecule has 2 heterocycles. The van der Waals surface area contributed by atoms with E-state index in [1.807, 2.05) is 36.4 Å². The Morgan fingerprint density at radius 3 is 2.46 bits per heavy atom. The topological polar surface area (TPSA) is 99.4 Å². The maximum Gasteiger partial charge on any atom is 0.229 e. The standard InChI is InChI=1S/C28H38N7OP/c1-34(2)21-18-28(19-21)12-15-35(16-13-28)24-10-9-20(17-22(24)29)31-27-30-14-11-26(33-27)32-23-7-5-6-8-25(23)37(3,4)36/h5-11,14,17,21H,12-13,15-16,18-19,29H2,1-4H3,(H2,30,31,32,33). The molecule has 3 aromatic rings. The summed E-state index contributed by atoms with van der Waals surface area (Å²) in [5.41, 5.74) is 10.5. The molecule has 196 valence electrons. The summed E-state index contributed by atoms with van der Waals surface area (Å²) in [6.07, 6.45) is 6.81. The van der Waals surface area contributed by atoms with Crippen molar-refractivity contribution in [2.45, 2.75) is 31.7 Å². The van der Waals surface area contributed by atoms with Crippen molar-refractivity contribution >= 4 is 47.0 Å². The van der Waals surface area contributed by atoms with Crippen molar-refractivity contribution in [1.29, 1.82) is 0 Å². The summed E-state index contributed by atoms with van der Waals surface area (Å²) >= 11 is 0. The van der Waals surface area contributed by atoms with Crippen LogP contribution in [0, 0.1) is 5.41 Å². The molecule has 37 heavy (non-hydrogen) atoms. The van der Waals surface area contributed by atoms with Gasteiger partial charge >= 0.3 is 0 Å². The van der Waals surface area contributed by atoms with E-state index in [0.717, 1.165) is 47.2 Å². The van der Waals surface area contributed by atoms with E-state index in [9.17, 15) is 4.57 Å². The van der Waals surface area contributed by atoms with E-state index in [2.05, 4.69) is 50.6 Å². The molecule has 1 spiro atoms. The molecule has 1 saturated heterocycles. The maximum atomic E-state index is 12.7. The molecule has 1 saturated carbocycles. The Morgan fingerprint density at radius 1 is 1.05 bits per heavy atom. The molecule has 1 aliphatic heterocycles. The molecule has 4 N–H and O–H groups in total. The highest BCUT2D eigenvalue weighted by atomic mass is 31.2. The van der Waals surface area contributed by atoms with Crippen LogP contribution in [0.3, 0.4) is 0 Å². The van der Waals surface area contributed by atoms with Crippen molar-refractivity contribution in [3.63, 3.8) is 0 Å². The number of rotatable bonds is 7. The van der Waals surface area contributed by atoms with Crippen LogP contribution in [0.2, 0.25) is 0 Å². The van der Waals surface area contributed by atoms with Gasteiger partial charge in [0.25, 0.3) is 0 Å². The smallest absolute Gasteiger partial charge is 0.229 e. The lowest BCUT2D eigenvalue weighted by Crippen LogP contribution is -2.53. The van der Waals surface area contributed by atoms with Crippen LogP contribution in [0.25, 0.3) is 0 Å². The first-order chi connectivity index (χ1) is 17.6. The lowest BCUT2D eigenvalue weighted by atomic mass is 9.60. The van der Waals surface area contributed by atoms with Crippen LogP contribution in [-0.4, -0.2) is 61.4 Å². The summed E-state index contributed by atoms with van der Waals surface area (Å²) in [5, 5.41) is 7.37. The molecular weight excluding hydrogens is 481 g/mol. The minimum atomic E-state index is -2.44. The average Bonchev–Trinajstić information content (AvgIpc) is 2.83. The first kappa shape index (κ1) is 25.6. The van der Waals surface area contributed by atoms with Crippen molar-refractivity contribution in [3.05, 3.63) is 54.7 Å². The van der Waals surface area contributed by atoms with Gasteiger partial charge in [-0.05, 0) is 94.9 Å². The summed E-state index contributed by atoms with van der Waals surface area (Å²) < 4.78 is 12.7. The predicted octanol–water partition coefficient (Wildman–Crippen LogP) is 5.10. The molecule has 8 nitrogen and oxygen atoms in total. The zero-order valence-corrected chi connectivity index (χ0v) is 23.1. The summed E-state index contributed by atoms with van der Waals surface area (Å²) in [6.45, 7) is 5.64. The number of piperidine rings is 1. The molecule has 0 bridgehead atoms. The zero-order valence-electron chi connectivity index (χ0n) is 22.2. The van der Waals surface area contributed by atoms with Crippen LogP contribution in [0.1, 0.15) is 25.7 Å². The molecule has 2 fully saturated rings. The first-order valence-corrected chi connectivity index (χ1v) is 15.5. The van der Waals surface area contributed by atoms with Gasteiger partial charge in [-0.1, -0.05) is 12.1 Å². The van der Waals surface area contributed by atoms with Crippen LogP contribution < -0.4 is 26.6 Å². The molecule has 5 rings (SSSR count). The second-order valence-corrected chi connectivity index (χ2v) is 14.4. The predicted molar refractivity (Wildman–Crippen MR) is 156 cm³/mol. The number of hydrogen-bond acceptors (Lipinski definition) is 8. The minimum Gasteiger partial charge on any atom is -0.397 e. The molecule has 2 aromatic carbocycles. The lowest BCUT2D eigenvalue weighted by molar-refractivity contribution is 0.00492. The van der Waals surface area contributed by atoms with Gasteiger partial charge < -0.3 is 30.7 Å². The molecular formula is C28H38N7OP. The van der Waals surface area contributed by atoms with Crippen molar-refractivity contribution in [1.82, 2.24) is 14.9 Å². The first-order valence-electron chi connectivity index (χ1n) is 12.9. The van der Waals surface area contributed by atoms with Gasteiger partial charge in [0.05, 0.1) is 17.1 Å². The van der Waals surface area contributed by atoms with E-state index in [1.165, 1.54) is 25.7 Å². The molecule has 0 atom stereocenters. The number of nitrogens with two attached hydrogens (primary N) is 1. The van der Waals surface area contributed by atoms with Crippen LogP contribution in [0.5, 0.6) is 0 Å². The second-order valence-electron chi connectivity index (χ2n) is 11.2. The van der Waals surface area contributed by atoms with E-state index in [-0.39, 0.29) is 0 Å². The third-order valence-corrected chi connectivity index (χ3v) is 9.47. The number of para-hydroxylation sites is 1. The Hall–Kier alpha value is -3.09. The van der Waals surface area contributed by atoms with Crippen molar-refractivity contribution in [2.75, 3.05) is 61.8 Å². The van der Waals surface area contributed by atoms with Gasteiger partial charge in [-0.25, -0.2) is 4.98 Å². The highest BCUT2D eigenvalue weighted by Gasteiger charge is 2.46. The van der Waals surface area contributed by atoms with Crippen LogP contribution >= 0.6 is 7.14 Å². The molecule has 1 aromatic heterocycles. The van der Waals surface area contributed by atoms with Gasteiger partial charge in [-0.15, -0.1) is 0 Å². The van der Waals surface area contributed by atoms with E-state index < -0.39 is 7.14 Å². The third-order valence-electron chi connectivity index (χ3n) is 7.92. The molecule has 1 aliphatic carbocycles. The van der Waals surface area contributed by atoms with Crippen LogP contribution in [0.4, 0.5) is 34.5 Å². The van der Waals surface area contributed by atoms with E-state index in [0.29, 0.717) is 17.2 Å². The fourth-order valence-corrected chi connectivity index (χ4v) is 6.82. The van der Waals surface area contributed by atoms with Crippen molar-refractivity contribution in [2.24, 2.45) is 5.41 Å². The second kappa shape index (κ2) is 9.99.